The lowest BCUT2D eigenvalue weighted by molar-refractivity contribution is 0.953. The average Bonchev–Trinajstić information content (AvgIpc) is 3.92. The zero-order valence-corrected chi connectivity index (χ0v) is 36.9. The quantitative estimate of drug-likeness (QED) is 0.153. The molecule has 318 valence electrons. The van der Waals surface area contributed by atoms with E-state index in [0.29, 0.717) is 17.6 Å². The summed E-state index contributed by atoms with van der Waals surface area (Å²) in [6.07, 6.45) is 0. The van der Waals surface area contributed by atoms with E-state index in [-0.39, 0.29) is 0 Å². The molecular weight excluding hydrogens is 827 g/mol. The van der Waals surface area contributed by atoms with E-state index in [2.05, 4.69) is 234 Å². The SMILES string of the molecule is c1ccc(-c2cccc(-c3nc(-c4ccccc4)nc(-n4c5ccccc5c5cc6c7ccccc7n(-c7ccc(-c8ccccc8)cc7-c7cccc(-c8ccccc8)c7)c6cc54)n3)c2)cc1. The highest BCUT2D eigenvalue weighted by Gasteiger charge is 2.23. The van der Waals surface area contributed by atoms with E-state index in [1.807, 2.05) is 24.3 Å². The first-order chi connectivity index (χ1) is 33.7. The molecule has 0 amide bonds. The van der Waals surface area contributed by atoms with Gasteiger partial charge in [-0.05, 0) is 87.5 Å². The van der Waals surface area contributed by atoms with Gasteiger partial charge in [-0.25, -0.2) is 4.98 Å². The Bertz CT molecular complexity index is 4010. The molecule has 0 radical (unpaired) electrons. The van der Waals surface area contributed by atoms with Crippen molar-refractivity contribution in [2.24, 2.45) is 0 Å². The van der Waals surface area contributed by atoms with Crippen LogP contribution in [0.2, 0.25) is 0 Å². The molecule has 68 heavy (non-hydrogen) atoms. The van der Waals surface area contributed by atoms with E-state index in [9.17, 15) is 0 Å². The minimum Gasteiger partial charge on any atom is -0.309 e. The fourth-order valence-corrected chi connectivity index (χ4v) is 9.95. The molecule has 0 saturated carbocycles. The summed E-state index contributed by atoms with van der Waals surface area (Å²) < 4.78 is 4.68. The van der Waals surface area contributed by atoms with Gasteiger partial charge in [0.2, 0.25) is 5.95 Å². The molecule has 0 fully saturated rings. The summed E-state index contributed by atoms with van der Waals surface area (Å²) >= 11 is 0. The van der Waals surface area contributed by atoms with Crippen LogP contribution in [-0.2, 0) is 0 Å². The highest BCUT2D eigenvalue weighted by molar-refractivity contribution is 6.19. The number of fused-ring (bicyclic) bond motifs is 6. The number of para-hydroxylation sites is 2. The van der Waals surface area contributed by atoms with Crippen LogP contribution in [-0.4, -0.2) is 24.1 Å². The van der Waals surface area contributed by atoms with Crippen LogP contribution in [0.5, 0.6) is 0 Å². The van der Waals surface area contributed by atoms with Crippen molar-refractivity contribution in [2.75, 3.05) is 0 Å². The van der Waals surface area contributed by atoms with Crippen LogP contribution in [0.1, 0.15) is 0 Å². The van der Waals surface area contributed by atoms with Crippen LogP contribution in [0, 0.1) is 0 Å². The summed E-state index contributed by atoms with van der Waals surface area (Å²) in [5, 5.41) is 4.61. The monoisotopic (exact) mass is 867 g/mol. The van der Waals surface area contributed by atoms with Crippen molar-refractivity contribution < 1.29 is 0 Å². The highest BCUT2D eigenvalue weighted by atomic mass is 15.2. The van der Waals surface area contributed by atoms with E-state index in [4.69, 9.17) is 15.0 Å². The van der Waals surface area contributed by atoms with E-state index in [1.165, 1.54) is 27.5 Å². The van der Waals surface area contributed by atoms with Gasteiger partial charge in [-0.2, -0.15) is 9.97 Å². The lowest BCUT2D eigenvalue weighted by Crippen LogP contribution is -2.06. The largest absolute Gasteiger partial charge is 0.309 e. The van der Waals surface area contributed by atoms with Crippen LogP contribution < -0.4 is 0 Å². The van der Waals surface area contributed by atoms with Gasteiger partial charge in [0, 0.05) is 38.2 Å². The van der Waals surface area contributed by atoms with Gasteiger partial charge < -0.3 is 4.57 Å². The Morgan fingerprint density at radius 2 is 0.662 bits per heavy atom. The van der Waals surface area contributed by atoms with Crippen molar-refractivity contribution in [3.05, 3.63) is 249 Å². The molecule has 0 bridgehead atoms. The molecule has 0 aliphatic heterocycles. The maximum absolute atomic E-state index is 5.37. The van der Waals surface area contributed by atoms with Crippen LogP contribution in [0.3, 0.4) is 0 Å². The van der Waals surface area contributed by atoms with Gasteiger partial charge in [0.1, 0.15) is 0 Å². The molecule has 13 rings (SSSR count). The first kappa shape index (κ1) is 39.2. The molecule has 10 aromatic carbocycles. The van der Waals surface area contributed by atoms with Gasteiger partial charge in [0.15, 0.2) is 11.6 Å². The standard InChI is InChI=1S/C63H41N5/c1-5-19-42(20-6-1)46-27-17-29-49(37-46)53-39-48(44-23-9-3-10-24-44)35-36-58(53)67-56-33-15-13-31-51(56)54-40-55-52-32-14-16-34-57(52)68(60(55)41-59(54)67)63-65-61(45-25-11-4-12-26-45)64-62(66-63)50-30-18-28-47(38-50)43-21-7-2-8-22-43/h1-41H. The third kappa shape index (κ3) is 6.76. The molecule has 3 heterocycles. The van der Waals surface area contributed by atoms with Crippen molar-refractivity contribution in [3.8, 4) is 78.9 Å². The first-order valence-electron chi connectivity index (χ1n) is 23.0. The molecular formula is C63H41N5. The lowest BCUT2D eigenvalue weighted by atomic mass is 9.94. The third-order valence-corrected chi connectivity index (χ3v) is 13.2. The Morgan fingerprint density at radius 1 is 0.235 bits per heavy atom. The van der Waals surface area contributed by atoms with Gasteiger partial charge in [-0.15, -0.1) is 0 Å². The molecule has 0 unspecified atom stereocenters. The lowest BCUT2D eigenvalue weighted by Gasteiger charge is -2.17. The fraction of sp³-hybridized carbons (Fsp3) is 0. The number of rotatable bonds is 8. The Kier molecular flexibility index (Phi) is 9.43. The summed E-state index contributed by atoms with van der Waals surface area (Å²) in [6.45, 7) is 0. The average molecular weight is 868 g/mol. The van der Waals surface area contributed by atoms with Crippen LogP contribution in [0.25, 0.3) is 123 Å². The maximum Gasteiger partial charge on any atom is 0.238 e. The van der Waals surface area contributed by atoms with E-state index < -0.39 is 0 Å². The smallest absolute Gasteiger partial charge is 0.238 e. The highest BCUT2D eigenvalue weighted by Crippen LogP contribution is 2.43. The van der Waals surface area contributed by atoms with E-state index in [0.717, 1.165) is 77.5 Å². The second kappa shape index (κ2) is 16.4. The number of hydrogen-bond donors (Lipinski definition) is 0. The van der Waals surface area contributed by atoms with Gasteiger partial charge >= 0.3 is 0 Å². The van der Waals surface area contributed by atoms with Crippen molar-refractivity contribution in [1.29, 1.82) is 0 Å². The van der Waals surface area contributed by atoms with E-state index >= 15 is 0 Å². The molecule has 0 spiro atoms. The van der Waals surface area contributed by atoms with Crippen molar-refractivity contribution >= 4 is 43.6 Å². The minimum absolute atomic E-state index is 0.554. The Hall–Kier alpha value is -9.19. The van der Waals surface area contributed by atoms with Crippen LogP contribution >= 0.6 is 0 Å². The molecule has 5 heteroatoms. The van der Waals surface area contributed by atoms with Crippen molar-refractivity contribution in [1.82, 2.24) is 24.1 Å². The molecule has 0 N–H and O–H groups in total. The Labute approximate surface area is 393 Å². The van der Waals surface area contributed by atoms with Crippen LogP contribution in [0.4, 0.5) is 0 Å². The second-order valence-electron chi connectivity index (χ2n) is 17.2. The number of hydrogen-bond acceptors (Lipinski definition) is 3. The van der Waals surface area contributed by atoms with Gasteiger partial charge in [-0.3, -0.25) is 4.57 Å². The molecule has 13 aromatic rings. The molecule has 0 saturated heterocycles. The number of benzene rings is 10. The first-order valence-corrected chi connectivity index (χ1v) is 23.0. The Balaban J connectivity index is 1.08. The number of aromatic nitrogens is 5. The predicted octanol–water partition coefficient (Wildman–Crippen LogP) is 16.1. The van der Waals surface area contributed by atoms with Crippen molar-refractivity contribution in [2.45, 2.75) is 0 Å². The summed E-state index contributed by atoms with van der Waals surface area (Å²) in [5.41, 5.74) is 16.4. The third-order valence-electron chi connectivity index (χ3n) is 13.2. The normalized spacial score (nSPS) is 11.5. The molecule has 5 nitrogen and oxygen atoms in total. The second-order valence-corrected chi connectivity index (χ2v) is 17.2. The van der Waals surface area contributed by atoms with Crippen molar-refractivity contribution in [3.63, 3.8) is 0 Å². The summed E-state index contributed by atoms with van der Waals surface area (Å²) in [4.78, 5) is 15.8. The van der Waals surface area contributed by atoms with Gasteiger partial charge in [0.05, 0.1) is 27.8 Å². The zero-order valence-electron chi connectivity index (χ0n) is 36.9. The molecule has 0 atom stereocenters. The van der Waals surface area contributed by atoms with E-state index in [1.54, 1.807) is 0 Å². The summed E-state index contributed by atoms with van der Waals surface area (Å²) in [5.74, 6) is 1.77. The maximum atomic E-state index is 5.37. The summed E-state index contributed by atoms with van der Waals surface area (Å²) in [7, 11) is 0. The molecule has 0 aliphatic carbocycles. The minimum atomic E-state index is 0.554. The Morgan fingerprint density at radius 3 is 1.25 bits per heavy atom. The molecule has 3 aromatic heterocycles. The predicted molar refractivity (Wildman–Crippen MR) is 281 cm³/mol. The number of nitrogens with zero attached hydrogens (tertiary/aromatic N) is 5. The van der Waals surface area contributed by atoms with Gasteiger partial charge in [-0.1, -0.05) is 200 Å². The molecule has 0 aliphatic rings. The van der Waals surface area contributed by atoms with Gasteiger partial charge in [0.25, 0.3) is 0 Å². The summed E-state index contributed by atoms with van der Waals surface area (Å²) in [6, 6.07) is 88.4. The zero-order chi connectivity index (χ0) is 45.0. The topological polar surface area (TPSA) is 48.5 Å². The fourth-order valence-electron chi connectivity index (χ4n) is 9.95. The van der Waals surface area contributed by atoms with Crippen LogP contribution in [0.15, 0.2) is 249 Å².